The Hall–Kier alpha value is -3.79. The van der Waals surface area contributed by atoms with E-state index in [1.54, 1.807) is 13.1 Å². The fourth-order valence-corrected chi connectivity index (χ4v) is 5.82. The lowest BCUT2D eigenvalue weighted by molar-refractivity contribution is -0.111. The molecule has 1 atom stereocenters. The second-order valence-electron chi connectivity index (χ2n) is 12.3. The van der Waals surface area contributed by atoms with Crippen LogP contribution in [0.4, 0.5) is 0 Å². The fourth-order valence-electron chi connectivity index (χ4n) is 5.82. The van der Waals surface area contributed by atoms with E-state index in [2.05, 4.69) is 75.2 Å². The van der Waals surface area contributed by atoms with Crippen LogP contribution in [-0.2, 0) is 4.79 Å². The Bertz CT molecular complexity index is 1400. The average Bonchev–Trinajstić information content (AvgIpc) is 3.26. The molecule has 0 spiro atoms. The number of allylic oxidation sites excluding steroid dienone is 13. The van der Waals surface area contributed by atoms with Gasteiger partial charge < -0.3 is 4.90 Å². The van der Waals surface area contributed by atoms with Gasteiger partial charge >= 0.3 is 0 Å². The molecule has 2 aliphatic heterocycles. The van der Waals surface area contributed by atoms with Crippen molar-refractivity contribution in [2.24, 2.45) is 21.8 Å². The van der Waals surface area contributed by atoms with Gasteiger partial charge in [-0.25, -0.2) is 0 Å². The summed E-state index contributed by atoms with van der Waals surface area (Å²) in [5.74, 6) is 1.41. The monoisotopic (exact) mass is 591 g/mol. The Kier molecular flexibility index (Phi) is 13.3. The first-order chi connectivity index (χ1) is 21.1. The maximum atomic E-state index is 13.0. The molecule has 4 heteroatoms. The van der Waals surface area contributed by atoms with Gasteiger partial charge in [0, 0.05) is 44.0 Å². The first kappa shape index (κ1) is 34.7. The smallest absolute Gasteiger partial charge is 0.183 e. The van der Waals surface area contributed by atoms with Crippen LogP contribution in [0, 0.1) is 11.8 Å². The van der Waals surface area contributed by atoms with E-state index < -0.39 is 0 Å². The lowest BCUT2D eigenvalue weighted by Gasteiger charge is -2.30. The zero-order valence-corrected chi connectivity index (χ0v) is 27.9. The van der Waals surface area contributed by atoms with Crippen molar-refractivity contribution < 1.29 is 4.79 Å². The summed E-state index contributed by atoms with van der Waals surface area (Å²) >= 11 is 0. The van der Waals surface area contributed by atoms with Crippen molar-refractivity contribution in [1.29, 1.82) is 0 Å². The standard InChI is InChI=1S/C40H53N3O/c1-10-28(4)16-17-31(7)37(29(5)11-2)26-38(41-9)39-27-40(44)32(8)24-35(42-39)18-19-36(12-3)43-22-20-30(6)34(21-23-43)25-33-14-13-15-33/h10,12,16-19,26-27,33-34H,1,5-6,8,11,13-15,20-25H2,2-4,7,9H3/b19-18-,28-16-,31-17-,36-12+,37-26-,41-38?. The summed E-state index contributed by atoms with van der Waals surface area (Å²) in [5.41, 5.74) is 9.18. The lowest BCUT2D eigenvalue weighted by atomic mass is 9.76. The van der Waals surface area contributed by atoms with Gasteiger partial charge in [-0.3, -0.25) is 14.8 Å². The Morgan fingerprint density at radius 1 is 1.16 bits per heavy atom. The van der Waals surface area contributed by atoms with Crippen molar-refractivity contribution in [3.63, 3.8) is 0 Å². The number of hydrogen-bond acceptors (Lipinski definition) is 4. The van der Waals surface area contributed by atoms with Crippen molar-refractivity contribution in [2.45, 2.75) is 79.1 Å². The number of hydrogen-bond donors (Lipinski definition) is 0. The van der Waals surface area contributed by atoms with Gasteiger partial charge in [-0.05, 0) is 98.8 Å². The Balaban J connectivity index is 1.88. The summed E-state index contributed by atoms with van der Waals surface area (Å²) in [4.78, 5) is 25.0. The van der Waals surface area contributed by atoms with Gasteiger partial charge in [0.2, 0.25) is 0 Å². The maximum Gasteiger partial charge on any atom is 0.183 e. The van der Waals surface area contributed by atoms with Crippen LogP contribution in [0.2, 0.25) is 0 Å². The molecule has 0 amide bonds. The molecule has 0 N–H and O–H groups in total. The number of carbonyl (C=O) groups is 1. The third-order valence-corrected chi connectivity index (χ3v) is 9.19. The summed E-state index contributed by atoms with van der Waals surface area (Å²) in [6, 6.07) is 0. The van der Waals surface area contributed by atoms with Crippen LogP contribution in [0.3, 0.4) is 0 Å². The molecule has 1 aliphatic carbocycles. The highest BCUT2D eigenvalue weighted by Gasteiger charge is 2.26. The number of carbonyl (C=O) groups excluding carboxylic acids is 1. The first-order valence-corrected chi connectivity index (χ1v) is 16.2. The highest BCUT2D eigenvalue weighted by molar-refractivity contribution is 6.20. The van der Waals surface area contributed by atoms with E-state index in [0.717, 1.165) is 66.3 Å². The molecule has 2 fully saturated rings. The van der Waals surface area contributed by atoms with E-state index in [0.29, 0.717) is 29.3 Å². The van der Waals surface area contributed by atoms with Gasteiger partial charge in [-0.15, -0.1) is 0 Å². The largest absolute Gasteiger partial charge is 0.371 e. The molecule has 0 radical (unpaired) electrons. The minimum absolute atomic E-state index is 0.121. The molecule has 3 aliphatic rings. The Labute approximate surface area is 267 Å². The Morgan fingerprint density at radius 3 is 2.52 bits per heavy atom. The minimum atomic E-state index is -0.121. The normalized spacial score (nSPS) is 22.0. The van der Waals surface area contributed by atoms with E-state index in [-0.39, 0.29) is 5.78 Å². The number of rotatable bonds is 12. The molecule has 1 unspecified atom stereocenters. The third kappa shape index (κ3) is 9.61. The van der Waals surface area contributed by atoms with Crippen LogP contribution >= 0.6 is 0 Å². The second-order valence-corrected chi connectivity index (χ2v) is 12.3. The predicted octanol–water partition coefficient (Wildman–Crippen LogP) is 9.80. The van der Waals surface area contributed by atoms with Gasteiger partial charge in [0.1, 0.15) is 0 Å². The molecule has 0 aromatic heterocycles. The zero-order chi connectivity index (χ0) is 32.2. The van der Waals surface area contributed by atoms with Crippen LogP contribution in [0.25, 0.3) is 0 Å². The third-order valence-electron chi connectivity index (χ3n) is 9.19. The first-order valence-electron chi connectivity index (χ1n) is 16.2. The fraction of sp³-hybridized carbons (Fsp3) is 0.425. The van der Waals surface area contributed by atoms with Crippen LogP contribution in [0.1, 0.15) is 79.1 Å². The van der Waals surface area contributed by atoms with E-state index >= 15 is 0 Å². The number of ketones is 1. The van der Waals surface area contributed by atoms with Crippen molar-refractivity contribution in [1.82, 2.24) is 4.90 Å². The highest BCUT2D eigenvalue weighted by atomic mass is 16.1. The van der Waals surface area contributed by atoms with Gasteiger partial charge in [-0.2, -0.15) is 0 Å². The summed E-state index contributed by atoms with van der Waals surface area (Å²) in [6.07, 6.45) is 24.7. The van der Waals surface area contributed by atoms with Crippen LogP contribution in [0.5, 0.6) is 0 Å². The summed E-state index contributed by atoms with van der Waals surface area (Å²) < 4.78 is 0. The zero-order valence-electron chi connectivity index (χ0n) is 27.9. The average molecular weight is 592 g/mol. The van der Waals surface area contributed by atoms with Gasteiger partial charge in [0.05, 0.1) is 11.4 Å². The second kappa shape index (κ2) is 16.9. The molecule has 0 aromatic carbocycles. The molecular weight excluding hydrogens is 538 g/mol. The van der Waals surface area contributed by atoms with Crippen LogP contribution in [-0.4, -0.2) is 42.2 Å². The van der Waals surface area contributed by atoms with Crippen molar-refractivity contribution in [2.75, 3.05) is 20.1 Å². The molecule has 0 aromatic rings. The van der Waals surface area contributed by atoms with Crippen molar-refractivity contribution >= 4 is 17.2 Å². The Morgan fingerprint density at radius 2 is 1.91 bits per heavy atom. The number of aliphatic imine (C=N–C) groups is 2. The maximum absolute atomic E-state index is 13.0. The molecular formula is C40H53N3O. The van der Waals surface area contributed by atoms with Gasteiger partial charge in [0.15, 0.2) is 5.78 Å². The molecule has 2 heterocycles. The number of nitrogens with zero attached hydrogens (tertiary/aromatic N) is 3. The summed E-state index contributed by atoms with van der Waals surface area (Å²) in [7, 11) is 1.73. The molecule has 234 valence electrons. The molecule has 3 rings (SSSR count). The predicted molar refractivity (Wildman–Crippen MR) is 191 cm³/mol. The highest BCUT2D eigenvalue weighted by Crippen LogP contribution is 2.37. The van der Waals surface area contributed by atoms with Crippen LogP contribution in [0.15, 0.2) is 130 Å². The lowest BCUT2D eigenvalue weighted by Crippen LogP contribution is -2.24. The molecule has 1 saturated carbocycles. The topological polar surface area (TPSA) is 45.0 Å². The van der Waals surface area contributed by atoms with E-state index in [9.17, 15) is 4.79 Å². The van der Waals surface area contributed by atoms with E-state index in [1.807, 2.05) is 31.2 Å². The molecule has 0 bridgehead atoms. The van der Waals surface area contributed by atoms with Gasteiger partial charge in [0.25, 0.3) is 0 Å². The summed E-state index contributed by atoms with van der Waals surface area (Å²) in [6.45, 7) is 26.9. The summed E-state index contributed by atoms with van der Waals surface area (Å²) in [5, 5.41) is 0. The SMILES string of the molecule is C=C\C(C)=C/C=C(C)\C(=C/C(=NC)C1=CC(=O)C(=C)CC(/C=C\C(=C/C)N2CCC(=C)C(CC3CCC3)CC2)=N1)C(=C)CC. The van der Waals surface area contributed by atoms with Crippen molar-refractivity contribution in [3.8, 4) is 0 Å². The number of likely N-dealkylation sites (tertiary alicyclic amines) is 1. The molecule has 4 nitrogen and oxygen atoms in total. The minimum Gasteiger partial charge on any atom is -0.371 e. The van der Waals surface area contributed by atoms with Crippen LogP contribution < -0.4 is 0 Å². The van der Waals surface area contributed by atoms with E-state index in [1.165, 1.54) is 37.0 Å². The van der Waals surface area contributed by atoms with Crippen molar-refractivity contribution in [3.05, 3.63) is 120 Å². The van der Waals surface area contributed by atoms with Gasteiger partial charge in [-0.1, -0.05) is 88.0 Å². The quantitative estimate of drug-likeness (QED) is 0.0981. The molecule has 44 heavy (non-hydrogen) atoms. The van der Waals surface area contributed by atoms with E-state index in [4.69, 9.17) is 4.99 Å². The molecule has 1 saturated heterocycles.